The zero-order valence-electron chi connectivity index (χ0n) is 50.3. The number of hydrogen-bond acceptors (Lipinski definition) is 13. The molecule has 80 heavy (non-hydrogen) atoms. The number of methoxy groups -OCH3 is 2. The van der Waals surface area contributed by atoms with E-state index in [4.69, 9.17) is 9.47 Å². The first-order chi connectivity index (χ1) is 37.7. The summed E-state index contributed by atoms with van der Waals surface area (Å²) >= 11 is 2.75. The van der Waals surface area contributed by atoms with Crippen molar-refractivity contribution in [1.29, 1.82) is 0 Å². The molecule has 1 aromatic carbocycles. The van der Waals surface area contributed by atoms with Crippen LogP contribution in [-0.2, 0) is 59.0 Å². The van der Waals surface area contributed by atoms with Gasteiger partial charge in [-0.05, 0) is 84.7 Å². The Kier molecular flexibility index (Phi) is 29.4. The lowest BCUT2D eigenvalue weighted by molar-refractivity contribution is -0.149. The number of Topliss-reactive ketones (excluding diaryl/α,β-unsaturated/α-hetero) is 2. The summed E-state index contributed by atoms with van der Waals surface area (Å²) in [7, 11) is 6.59. The molecule has 1 aromatic rings. The Labute approximate surface area is 485 Å². The Morgan fingerprint density at radius 2 is 1.36 bits per heavy atom. The molecule has 0 aromatic heterocycles. The molecule has 0 spiro atoms. The van der Waals surface area contributed by atoms with Crippen LogP contribution in [0.25, 0.3) is 0 Å². The second-order valence-corrected chi connectivity index (χ2v) is 25.4. The van der Waals surface area contributed by atoms with E-state index >= 15 is 4.79 Å². The molecule has 1 fully saturated rings. The van der Waals surface area contributed by atoms with Gasteiger partial charge in [0, 0.05) is 89.1 Å². The Morgan fingerprint density at radius 1 is 0.762 bits per heavy atom. The summed E-state index contributed by atoms with van der Waals surface area (Å²) in [5.41, 5.74) is 0.827. The molecule has 0 bridgehead atoms. The van der Waals surface area contributed by atoms with Crippen LogP contribution < -0.4 is 10.6 Å². The number of thioether (sulfide) groups is 2. The number of carbonyl (C=O) groups is 9. The molecule has 2 heterocycles. The van der Waals surface area contributed by atoms with Crippen LogP contribution in [0.2, 0.25) is 0 Å². The number of nitrogens with zero attached hydrogens (tertiary/aromatic N) is 3. The first-order valence-electron chi connectivity index (χ1n) is 28.6. The fourth-order valence-electron chi connectivity index (χ4n) is 11.7. The lowest BCUT2D eigenvalue weighted by atomic mass is 9.78. The van der Waals surface area contributed by atoms with Crippen molar-refractivity contribution in [2.75, 3.05) is 39.9 Å². The van der Waals surface area contributed by atoms with E-state index in [2.05, 4.69) is 10.6 Å². The van der Waals surface area contributed by atoms with Crippen molar-refractivity contribution in [2.24, 2.45) is 53.3 Å². The van der Waals surface area contributed by atoms with Gasteiger partial charge in [0.2, 0.25) is 29.5 Å². The molecule has 0 aliphatic carbocycles. The summed E-state index contributed by atoms with van der Waals surface area (Å²) < 4.78 is 12.1. The molecular formula is C61H95N5O12S2. The molecule has 2 aliphatic heterocycles. The number of likely N-dealkylation sites (N-methyl/N-ethyl adjacent to an activating group) is 1. The number of likely N-dealkylation sites (tertiary alicyclic amines) is 1. The number of carboxylic acids is 1. The highest BCUT2D eigenvalue weighted by Gasteiger charge is 2.44. The van der Waals surface area contributed by atoms with Crippen molar-refractivity contribution in [3.63, 3.8) is 0 Å². The minimum atomic E-state index is -1.22. The van der Waals surface area contributed by atoms with Gasteiger partial charge in [-0.15, -0.1) is 23.5 Å². The number of aliphatic carboxylic acids is 1. The first kappa shape index (κ1) is 69.4. The molecule has 5 amide bonds. The summed E-state index contributed by atoms with van der Waals surface area (Å²) in [5.74, 6) is -7.27. The number of ketones is 3. The Balaban J connectivity index is 1.78. The topological polar surface area (TPSA) is 226 Å². The molecular weight excluding hydrogens is 1060 g/mol. The second kappa shape index (κ2) is 33.9. The quantitative estimate of drug-likeness (QED) is 0.0660. The molecule has 0 saturated carbocycles. The van der Waals surface area contributed by atoms with Gasteiger partial charge < -0.3 is 39.9 Å². The van der Waals surface area contributed by atoms with Gasteiger partial charge >= 0.3 is 5.97 Å². The Hall–Kier alpha value is -4.85. The smallest absolute Gasteiger partial charge is 0.307 e. The highest BCUT2D eigenvalue weighted by atomic mass is 32.2. The number of hydrogen-bond donors (Lipinski definition) is 3. The monoisotopic (exact) mass is 1150 g/mol. The molecule has 448 valence electrons. The Morgan fingerprint density at radius 3 is 1.93 bits per heavy atom. The highest BCUT2D eigenvalue weighted by molar-refractivity contribution is 8.18. The van der Waals surface area contributed by atoms with Crippen molar-refractivity contribution in [3.8, 4) is 0 Å². The molecule has 0 radical (unpaired) electrons. The van der Waals surface area contributed by atoms with E-state index in [-0.39, 0.29) is 103 Å². The Bertz CT molecular complexity index is 2270. The van der Waals surface area contributed by atoms with E-state index in [9.17, 15) is 43.5 Å². The van der Waals surface area contributed by atoms with Crippen molar-refractivity contribution in [1.82, 2.24) is 25.3 Å². The normalized spacial score (nSPS) is 21.2. The van der Waals surface area contributed by atoms with Gasteiger partial charge in [0.05, 0.1) is 42.7 Å². The molecule has 2 aliphatic rings. The van der Waals surface area contributed by atoms with Crippen molar-refractivity contribution in [3.05, 3.63) is 58.9 Å². The number of benzene rings is 1. The van der Waals surface area contributed by atoms with Crippen LogP contribution in [0.1, 0.15) is 133 Å². The lowest BCUT2D eigenvalue weighted by Gasteiger charge is -2.42. The van der Waals surface area contributed by atoms with E-state index in [1.165, 1.54) is 49.7 Å². The molecule has 1 saturated heterocycles. The molecule has 17 nitrogen and oxygen atoms in total. The maximum absolute atomic E-state index is 15.1. The van der Waals surface area contributed by atoms with E-state index in [0.717, 1.165) is 5.56 Å². The number of ether oxygens (including phenoxy) is 2. The van der Waals surface area contributed by atoms with Gasteiger partial charge in [-0.25, -0.2) is 0 Å². The van der Waals surface area contributed by atoms with Crippen molar-refractivity contribution in [2.45, 2.75) is 176 Å². The summed E-state index contributed by atoms with van der Waals surface area (Å²) in [6, 6.07) is 5.71. The van der Waals surface area contributed by atoms with Crippen LogP contribution in [0.15, 0.2) is 53.3 Å². The minimum Gasteiger partial charge on any atom is -0.481 e. The molecule has 3 rings (SSSR count). The van der Waals surface area contributed by atoms with Gasteiger partial charge in [-0.2, -0.15) is 0 Å². The summed E-state index contributed by atoms with van der Waals surface area (Å²) in [6.45, 7) is 21.7. The van der Waals surface area contributed by atoms with E-state index in [0.29, 0.717) is 37.3 Å². The lowest BCUT2D eigenvalue weighted by Crippen LogP contribution is -2.54. The van der Waals surface area contributed by atoms with Crippen LogP contribution in [0.4, 0.5) is 0 Å². The van der Waals surface area contributed by atoms with Crippen LogP contribution in [0.3, 0.4) is 0 Å². The summed E-state index contributed by atoms with van der Waals surface area (Å²) in [4.78, 5) is 128. The number of allylic oxidation sites excluding steroid dienone is 1. The van der Waals surface area contributed by atoms with E-state index < -0.39 is 77.8 Å². The molecule has 3 N–H and O–H groups in total. The van der Waals surface area contributed by atoms with Crippen LogP contribution >= 0.6 is 23.5 Å². The summed E-state index contributed by atoms with van der Waals surface area (Å²) in [5, 5.41) is 19.2. The zero-order valence-corrected chi connectivity index (χ0v) is 51.9. The SMILES string of the molecule is CC[C@H](C)[C@@H]([C@@H](CC(=O)N1CCC[C@H]1[C@H](OC)[C@@H](C)C(=O)C[C@@H](Cc1ccccc1)C(=O)O)OC)N(C)C(=O)[C@@H](CC(C)[C@H](C(C)C)N(C)C(=O)[C@@H](CC(=O)[C@H](C)NC(=O)C1CC(=O)/C=C/SCS/C=C/C(=O)N1)C(C)C)C(C)C. The molecule has 2 unspecified atom stereocenters. The molecule has 13 atom stereocenters. The molecule has 19 heteroatoms. The third-order valence-electron chi connectivity index (χ3n) is 16.5. The number of nitrogens with one attached hydrogen (secondary N) is 2. The predicted molar refractivity (Wildman–Crippen MR) is 316 cm³/mol. The zero-order chi connectivity index (χ0) is 60.1. The number of carboxylic acid groups (broad SMARTS) is 1. The van der Waals surface area contributed by atoms with Gasteiger partial charge in [-0.1, -0.05) is 106 Å². The number of carbonyl (C=O) groups excluding carboxylic acids is 8. The van der Waals surface area contributed by atoms with Crippen molar-refractivity contribution >= 4 is 76.4 Å². The second-order valence-electron chi connectivity index (χ2n) is 23.3. The number of amides is 5. The first-order valence-corrected chi connectivity index (χ1v) is 30.7. The van der Waals surface area contributed by atoms with Gasteiger partial charge in [0.25, 0.3) is 0 Å². The largest absolute Gasteiger partial charge is 0.481 e. The average molecular weight is 1150 g/mol. The van der Waals surface area contributed by atoms with Gasteiger partial charge in [0.15, 0.2) is 11.6 Å². The van der Waals surface area contributed by atoms with E-state index in [1.54, 1.807) is 53.6 Å². The highest BCUT2D eigenvalue weighted by Crippen LogP contribution is 2.35. The number of rotatable bonds is 30. The predicted octanol–water partition coefficient (Wildman–Crippen LogP) is 8.24. The van der Waals surface area contributed by atoms with Gasteiger partial charge in [0.1, 0.15) is 11.8 Å². The van der Waals surface area contributed by atoms with Crippen LogP contribution in [0, 0.1) is 53.3 Å². The minimum absolute atomic E-state index is 0.0274. The van der Waals surface area contributed by atoms with E-state index in [1.807, 2.05) is 92.6 Å². The van der Waals surface area contributed by atoms with Crippen LogP contribution in [-0.4, -0.2) is 155 Å². The third kappa shape index (κ3) is 20.2. The maximum atomic E-state index is 15.1. The van der Waals surface area contributed by atoms with Gasteiger partial charge in [-0.3, -0.25) is 43.2 Å². The summed E-state index contributed by atoms with van der Waals surface area (Å²) in [6.07, 6.45) is 3.28. The third-order valence-corrected chi connectivity index (χ3v) is 18.3. The fourth-order valence-corrected chi connectivity index (χ4v) is 13.1. The average Bonchev–Trinajstić information content (AvgIpc) is 3.89. The fraction of sp³-hybridized carbons (Fsp3) is 0.689. The maximum Gasteiger partial charge on any atom is 0.307 e. The van der Waals surface area contributed by atoms with Crippen LogP contribution in [0.5, 0.6) is 0 Å². The van der Waals surface area contributed by atoms with Crippen molar-refractivity contribution < 1.29 is 57.7 Å². The standard InChI is InChI=1S/C61H95N5O12S2/c1-16-39(8)56(52(77-14)34-54(71)66-26-20-23-49(66)57(78-15)41(10)50(68)31-44(61(75)76)30-43-21-18-17-19-22-43)65(13)59(73)46(36(2)3)29-40(9)55(38(6)7)64(12)60(74)47(37(4)5)33-51(69)42(11)62-58(72)48-32-45(67)24-27-79-35-80-28-25-53(70)63-48/h17-19,21-22,24-25,27-28,36-42,44,46-49,52,55-57H,16,20,23,26,29-35H2,1-15H3,(H,62,72)(H,63,70)(H,75,76)/b27-24+,28-25+/t39-,40?,41-,42-,44+,46-,47-,48?,49-,52+,55-,56-,57+/m0/s1.